The number of carbonyl (C=O) groups excluding carboxylic acids is 4. The van der Waals surface area contributed by atoms with Crippen LogP contribution in [0, 0.1) is 0 Å². The van der Waals surface area contributed by atoms with Crippen LogP contribution in [0.1, 0.15) is 32.6 Å². The summed E-state index contributed by atoms with van der Waals surface area (Å²) in [5.41, 5.74) is 16.2. The molecule has 0 saturated carbocycles. The van der Waals surface area contributed by atoms with E-state index in [1.807, 2.05) is 0 Å². The Morgan fingerprint density at radius 2 is 1.67 bits per heavy atom. The number of rotatable bonds is 13. The van der Waals surface area contributed by atoms with Gasteiger partial charge < -0.3 is 38.3 Å². The summed E-state index contributed by atoms with van der Waals surface area (Å²) < 4.78 is 0. The number of aliphatic carboxylic acids is 1. The molecule has 0 spiro atoms. The number of carbonyl (C=O) groups is 5. The smallest absolute Gasteiger partial charge is 0.325 e. The zero-order chi connectivity index (χ0) is 21.0. The van der Waals surface area contributed by atoms with E-state index in [1.165, 1.54) is 6.92 Å². The summed E-state index contributed by atoms with van der Waals surface area (Å²) in [4.78, 5) is 57.6. The van der Waals surface area contributed by atoms with Gasteiger partial charge in [-0.3, -0.25) is 24.0 Å². The van der Waals surface area contributed by atoms with Gasteiger partial charge >= 0.3 is 5.97 Å². The van der Waals surface area contributed by atoms with Crippen molar-refractivity contribution < 1.29 is 29.1 Å². The van der Waals surface area contributed by atoms with Crippen LogP contribution in [0.4, 0.5) is 0 Å². The van der Waals surface area contributed by atoms with Crippen LogP contribution in [0.5, 0.6) is 0 Å². The van der Waals surface area contributed by atoms with Crippen molar-refractivity contribution in [2.24, 2.45) is 17.2 Å². The Kier molecular flexibility index (Phi) is 11.3. The summed E-state index contributed by atoms with van der Waals surface area (Å²) in [5, 5.41) is 15.4. The number of unbranched alkanes of at least 4 members (excludes halogenated alkanes) is 1. The van der Waals surface area contributed by atoms with Crippen molar-refractivity contribution in [1.82, 2.24) is 16.0 Å². The topological polar surface area (TPSA) is 220 Å². The highest BCUT2D eigenvalue weighted by atomic mass is 16.4. The molecule has 0 heterocycles. The third kappa shape index (κ3) is 10.8. The fourth-order valence-electron chi connectivity index (χ4n) is 1.97. The number of primary amides is 1. The third-order valence-electron chi connectivity index (χ3n) is 3.52. The Bertz CT molecular complexity index is 555. The molecule has 3 unspecified atom stereocenters. The Morgan fingerprint density at radius 1 is 1.04 bits per heavy atom. The van der Waals surface area contributed by atoms with Gasteiger partial charge in [0.1, 0.15) is 12.1 Å². The standard InChI is InChI=1S/C15H28N6O6/c1-8(15(26)27)20-12(23)7-19-14(25)10(6-11(18)22)21-13(24)9(17)4-2-3-5-16/h8-10H,2-7,16-17H2,1H3,(H2,18,22)(H,19,25)(H,20,23)(H,21,24)(H,26,27). The molecule has 0 fully saturated rings. The van der Waals surface area contributed by atoms with E-state index >= 15 is 0 Å². The van der Waals surface area contributed by atoms with E-state index in [0.29, 0.717) is 25.8 Å². The van der Waals surface area contributed by atoms with Gasteiger partial charge in [0.15, 0.2) is 0 Å². The van der Waals surface area contributed by atoms with Crippen molar-refractivity contribution >= 4 is 29.6 Å². The second-order valence-electron chi connectivity index (χ2n) is 5.97. The van der Waals surface area contributed by atoms with Crippen molar-refractivity contribution in [3.63, 3.8) is 0 Å². The van der Waals surface area contributed by atoms with Crippen molar-refractivity contribution in [1.29, 1.82) is 0 Å². The first kappa shape index (κ1) is 24.3. The number of nitrogens with one attached hydrogen (secondary N) is 3. The van der Waals surface area contributed by atoms with Crippen LogP contribution < -0.4 is 33.2 Å². The summed E-state index contributed by atoms with van der Waals surface area (Å²) in [5.74, 6) is -4.29. The Balaban J connectivity index is 4.67. The van der Waals surface area contributed by atoms with Crippen LogP contribution in [-0.4, -0.2) is 65.9 Å². The van der Waals surface area contributed by atoms with Gasteiger partial charge in [-0.25, -0.2) is 0 Å². The highest BCUT2D eigenvalue weighted by molar-refractivity contribution is 5.94. The molecule has 12 heteroatoms. The maximum atomic E-state index is 12.1. The molecular formula is C15H28N6O6. The minimum absolute atomic E-state index is 0.351. The number of carboxylic acids is 1. The lowest BCUT2D eigenvalue weighted by Crippen LogP contribution is -2.54. The van der Waals surface area contributed by atoms with Crippen molar-refractivity contribution in [2.75, 3.05) is 13.1 Å². The minimum atomic E-state index is -1.31. The van der Waals surface area contributed by atoms with Crippen molar-refractivity contribution in [2.45, 2.75) is 50.7 Å². The number of hydrogen-bond acceptors (Lipinski definition) is 7. The molecule has 0 aliphatic carbocycles. The van der Waals surface area contributed by atoms with E-state index in [1.54, 1.807) is 0 Å². The van der Waals surface area contributed by atoms with Crippen LogP contribution in [-0.2, 0) is 24.0 Å². The zero-order valence-corrected chi connectivity index (χ0v) is 15.2. The maximum Gasteiger partial charge on any atom is 0.325 e. The van der Waals surface area contributed by atoms with Gasteiger partial charge in [-0.05, 0) is 26.3 Å². The molecule has 0 aromatic carbocycles. The van der Waals surface area contributed by atoms with E-state index < -0.39 is 60.7 Å². The average molecular weight is 388 g/mol. The summed E-state index contributed by atoms with van der Waals surface area (Å²) in [6.45, 7) is 1.18. The van der Waals surface area contributed by atoms with E-state index in [4.69, 9.17) is 22.3 Å². The number of carboxylic acid groups (broad SMARTS) is 1. The Hall–Kier alpha value is -2.73. The van der Waals surface area contributed by atoms with Crippen LogP contribution >= 0.6 is 0 Å². The molecule has 0 saturated heterocycles. The second-order valence-corrected chi connectivity index (χ2v) is 5.97. The molecular weight excluding hydrogens is 360 g/mol. The van der Waals surface area contributed by atoms with E-state index in [2.05, 4.69) is 16.0 Å². The normalized spacial score (nSPS) is 13.7. The third-order valence-corrected chi connectivity index (χ3v) is 3.52. The Morgan fingerprint density at radius 3 is 2.19 bits per heavy atom. The van der Waals surface area contributed by atoms with Crippen molar-refractivity contribution in [3.05, 3.63) is 0 Å². The summed E-state index contributed by atoms with van der Waals surface area (Å²) in [6.07, 6.45) is 1.18. The van der Waals surface area contributed by atoms with Crippen LogP contribution in [0.3, 0.4) is 0 Å². The highest BCUT2D eigenvalue weighted by Gasteiger charge is 2.26. The summed E-state index contributed by atoms with van der Waals surface area (Å²) in [7, 11) is 0. The first-order valence-corrected chi connectivity index (χ1v) is 8.42. The monoisotopic (exact) mass is 388 g/mol. The molecule has 0 aromatic heterocycles. The molecule has 27 heavy (non-hydrogen) atoms. The van der Waals surface area contributed by atoms with Crippen LogP contribution in [0.15, 0.2) is 0 Å². The second kappa shape index (κ2) is 12.6. The van der Waals surface area contributed by atoms with Crippen molar-refractivity contribution in [3.8, 4) is 0 Å². The van der Waals surface area contributed by atoms with Crippen LogP contribution in [0.2, 0.25) is 0 Å². The lowest BCUT2D eigenvalue weighted by atomic mass is 10.1. The predicted octanol–water partition coefficient (Wildman–Crippen LogP) is -3.49. The molecule has 0 bridgehead atoms. The van der Waals surface area contributed by atoms with Gasteiger partial charge in [-0.1, -0.05) is 6.42 Å². The van der Waals surface area contributed by atoms with E-state index in [-0.39, 0.29) is 0 Å². The molecule has 0 aliphatic rings. The van der Waals surface area contributed by atoms with Gasteiger partial charge in [0.2, 0.25) is 23.6 Å². The quantitative estimate of drug-likeness (QED) is 0.156. The molecule has 12 nitrogen and oxygen atoms in total. The van der Waals surface area contributed by atoms with Gasteiger partial charge in [-0.2, -0.15) is 0 Å². The predicted molar refractivity (Wildman–Crippen MR) is 94.9 cm³/mol. The SMILES string of the molecule is CC(NC(=O)CNC(=O)C(CC(N)=O)NC(=O)C(N)CCCCN)C(=O)O. The minimum Gasteiger partial charge on any atom is -0.480 e. The van der Waals surface area contributed by atoms with E-state index in [9.17, 15) is 24.0 Å². The molecule has 0 rings (SSSR count). The summed E-state index contributed by atoms with van der Waals surface area (Å²) >= 11 is 0. The number of nitrogens with two attached hydrogens (primary N) is 3. The number of amides is 4. The maximum absolute atomic E-state index is 12.1. The van der Waals surface area contributed by atoms with Crippen LogP contribution in [0.25, 0.3) is 0 Å². The molecule has 0 aromatic rings. The number of hydrogen-bond donors (Lipinski definition) is 7. The molecule has 3 atom stereocenters. The highest BCUT2D eigenvalue weighted by Crippen LogP contribution is 2.00. The lowest BCUT2D eigenvalue weighted by molar-refractivity contribution is -0.141. The fourth-order valence-corrected chi connectivity index (χ4v) is 1.97. The molecule has 0 radical (unpaired) electrons. The molecule has 0 aliphatic heterocycles. The van der Waals surface area contributed by atoms with Gasteiger partial charge in [-0.15, -0.1) is 0 Å². The summed E-state index contributed by atoms with van der Waals surface area (Å²) in [6, 6.07) is -3.33. The van der Waals surface area contributed by atoms with Gasteiger partial charge in [0.05, 0.1) is 19.0 Å². The largest absolute Gasteiger partial charge is 0.480 e. The van der Waals surface area contributed by atoms with E-state index in [0.717, 1.165) is 0 Å². The lowest BCUT2D eigenvalue weighted by Gasteiger charge is -2.20. The van der Waals surface area contributed by atoms with Gasteiger partial charge in [0, 0.05) is 0 Å². The first-order valence-electron chi connectivity index (χ1n) is 8.42. The average Bonchev–Trinajstić information content (AvgIpc) is 2.58. The zero-order valence-electron chi connectivity index (χ0n) is 15.2. The Labute approximate surface area is 156 Å². The molecule has 10 N–H and O–H groups in total. The van der Waals surface area contributed by atoms with Gasteiger partial charge in [0.25, 0.3) is 0 Å². The fraction of sp³-hybridized carbons (Fsp3) is 0.667. The first-order chi connectivity index (χ1) is 12.6. The molecule has 4 amide bonds. The molecule has 154 valence electrons.